The summed E-state index contributed by atoms with van der Waals surface area (Å²) in [5.74, 6) is 0.144. The van der Waals surface area contributed by atoms with Crippen molar-refractivity contribution < 1.29 is 13.2 Å². The third kappa shape index (κ3) is 5.09. The minimum Gasteiger partial charge on any atom is -0.301 e. The van der Waals surface area contributed by atoms with Gasteiger partial charge in [0.2, 0.25) is 21.1 Å². The van der Waals surface area contributed by atoms with E-state index in [0.717, 1.165) is 23.4 Å². The van der Waals surface area contributed by atoms with Crippen molar-refractivity contribution in [3.8, 4) is 0 Å². The van der Waals surface area contributed by atoms with E-state index in [4.69, 9.17) is 0 Å². The lowest BCUT2D eigenvalue weighted by Gasteiger charge is -2.07. The Kier molecular flexibility index (Phi) is 5.69. The Balaban J connectivity index is 1.51. The van der Waals surface area contributed by atoms with E-state index in [9.17, 15) is 13.2 Å². The van der Waals surface area contributed by atoms with Crippen LogP contribution in [0.2, 0.25) is 0 Å². The summed E-state index contributed by atoms with van der Waals surface area (Å²) in [5.41, 5.74) is 0.908. The number of nitrogens with one attached hydrogen (secondary N) is 2. The Bertz CT molecular complexity index is 872. The molecule has 1 heterocycles. The average Bonchev–Trinajstić information content (AvgIpc) is 3.26. The molecule has 0 aliphatic heterocycles. The van der Waals surface area contributed by atoms with Gasteiger partial charge in [-0.05, 0) is 37.0 Å². The molecule has 0 spiro atoms. The molecular weight excluding hydrogens is 372 g/mol. The molecule has 1 aromatic carbocycles. The zero-order valence-corrected chi connectivity index (χ0v) is 16.4. The Morgan fingerprint density at radius 2 is 1.92 bits per heavy atom. The molecule has 3 rings (SSSR count). The molecule has 0 radical (unpaired) electrons. The van der Waals surface area contributed by atoms with Gasteiger partial charge in [0.25, 0.3) is 0 Å². The maximum absolute atomic E-state index is 12.1. The zero-order valence-electron chi connectivity index (χ0n) is 14.7. The van der Waals surface area contributed by atoms with Crippen molar-refractivity contribution >= 4 is 32.4 Å². The van der Waals surface area contributed by atoms with Crippen LogP contribution in [0.1, 0.15) is 49.6 Å². The molecular formula is C17H22N4O3S2. The number of carbonyl (C=O) groups excluding carboxylic acids is 1. The fraction of sp³-hybridized carbons (Fsp3) is 0.471. The van der Waals surface area contributed by atoms with Crippen molar-refractivity contribution in [2.45, 2.75) is 56.4 Å². The summed E-state index contributed by atoms with van der Waals surface area (Å²) in [4.78, 5) is 12.3. The van der Waals surface area contributed by atoms with Gasteiger partial charge in [-0.3, -0.25) is 4.79 Å². The van der Waals surface area contributed by atoms with Gasteiger partial charge in [-0.15, -0.1) is 10.2 Å². The van der Waals surface area contributed by atoms with Gasteiger partial charge in [-0.1, -0.05) is 37.3 Å². The predicted molar refractivity (Wildman–Crippen MR) is 101 cm³/mol. The lowest BCUT2D eigenvalue weighted by atomic mass is 10.1. The monoisotopic (exact) mass is 394 g/mol. The first-order chi connectivity index (χ1) is 12.3. The van der Waals surface area contributed by atoms with Crippen molar-refractivity contribution in [1.82, 2.24) is 14.9 Å². The van der Waals surface area contributed by atoms with Crippen LogP contribution in [0, 0.1) is 0 Å². The number of aromatic nitrogens is 2. The summed E-state index contributed by atoms with van der Waals surface area (Å²) in [5, 5.41) is 12.1. The molecule has 1 fully saturated rings. The second-order valence-corrected chi connectivity index (χ2v) is 9.41. The smallest absolute Gasteiger partial charge is 0.240 e. The van der Waals surface area contributed by atoms with Crippen molar-refractivity contribution in [2.75, 3.05) is 5.32 Å². The third-order valence-electron chi connectivity index (χ3n) is 3.95. The molecule has 0 atom stereocenters. The second kappa shape index (κ2) is 7.81. The number of anilines is 1. The van der Waals surface area contributed by atoms with E-state index in [0.29, 0.717) is 18.0 Å². The first-order valence-corrected chi connectivity index (χ1v) is 10.9. The van der Waals surface area contributed by atoms with E-state index in [-0.39, 0.29) is 22.8 Å². The van der Waals surface area contributed by atoms with Crippen LogP contribution in [0.3, 0.4) is 0 Å². The van der Waals surface area contributed by atoms with E-state index >= 15 is 0 Å². The van der Waals surface area contributed by atoms with Gasteiger partial charge in [-0.2, -0.15) is 0 Å². The van der Waals surface area contributed by atoms with E-state index in [1.165, 1.54) is 11.3 Å². The van der Waals surface area contributed by atoms with Crippen LogP contribution in [-0.2, 0) is 21.2 Å². The number of nitrogens with zero attached hydrogens (tertiary/aromatic N) is 2. The molecule has 26 heavy (non-hydrogen) atoms. The Labute approximate surface area is 157 Å². The summed E-state index contributed by atoms with van der Waals surface area (Å²) in [6.07, 6.45) is 2.63. The molecule has 0 saturated heterocycles. The number of aryl methyl sites for hydroxylation is 1. The summed E-state index contributed by atoms with van der Waals surface area (Å²) in [7, 11) is -3.43. The van der Waals surface area contributed by atoms with Crippen LogP contribution in [0.25, 0.3) is 0 Å². The fourth-order valence-electron chi connectivity index (χ4n) is 2.28. The Hall–Kier alpha value is -1.84. The first-order valence-electron chi connectivity index (χ1n) is 8.58. The van der Waals surface area contributed by atoms with E-state index in [2.05, 4.69) is 20.2 Å². The van der Waals surface area contributed by atoms with Crippen LogP contribution < -0.4 is 10.0 Å². The third-order valence-corrected chi connectivity index (χ3v) is 6.63. The number of benzene rings is 1. The largest absolute Gasteiger partial charge is 0.301 e. The van der Waals surface area contributed by atoms with Gasteiger partial charge in [-0.25, -0.2) is 13.1 Å². The summed E-state index contributed by atoms with van der Waals surface area (Å²) >= 11 is 1.38. The molecule has 1 amide bonds. The van der Waals surface area contributed by atoms with Crippen LogP contribution in [0.4, 0.5) is 5.13 Å². The van der Waals surface area contributed by atoms with Gasteiger partial charge < -0.3 is 5.32 Å². The normalized spacial score (nSPS) is 14.6. The summed E-state index contributed by atoms with van der Waals surface area (Å²) in [6.45, 7) is 4.05. The molecule has 1 aromatic heterocycles. The predicted octanol–water partition coefficient (Wildman–Crippen LogP) is 2.67. The molecule has 0 unspecified atom stereocenters. The molecule has 9 heteroatoms. The van der Waals surface area contributed by atoms with Crippen molar-refractivity contribution in [1.29, 1.82) is 0 Å². The van der Waals surface area contributed by atoms with Crippen LogP contribution in [0.15, 0.2) is 29.2 Å². The summed E-state index contributed by atoms with van der Waals surface area (Å²) < 4.78 is 26.9. The van der Waals surface area contributed by atoms with E-state index < -0.39 is 10.0 Å². The molecule has 1 aliphatic carbocycles. The van der Waals surface area contributed by atoms with Gasteiger partial charge in [0.15, 0.2) is 0 Å². The molecule has 2 N–H and O–H groups in total. The van der Waals surface area contributed by atoms with Crippen molar-refractivity contribution in [3.05, 3.63) is 34.8 Å². The summed E-state index contributed by atoms with van der Waals surface area (Å²) in [6, 6.07) is 6.74. The highest BCUT2D eigenvalue weighted by molar-refractivity contribution is 7.89. The molecule has 140 valence electrons. The lowest BCUT2D eigenvalue weighted by Crippen LogP contribution is -2.25. The zero-order chi connectivity index (χ0) is 18.7. The molecule has 1 aliphatic rings. The van der Waals surface area contributed by atoms with Gasteiger partial charge >= 0.3 is 0 Å². The maximum Gasteiger partial charge on any atom is 0.240 e. The average molecular weight is 395 g/mol. The van der Waals surface area contributed by atoms with E-state index in [1.807, 2.05) is 13.8 Å². The minimum absolute atomic E-state index is 0.0833. The Morgan fingerprint density at radius 3 is 2.50 bits per heavy atom. The maximum atomic E-state index is 12.1. The lowest BCUT2D eigenvalue weighted by molar-refractivity contribution is -0.116. The van der Waals surface area contributed by atoms with Gasteiger partial charge in [0.1, 0.15) is 5.01 Å². The standard InChI is InChI=1S/C17H22N4O3S2/c1-11(2)16-19-20-17(25-16)18-15(22)10-5-12-3-8-14(9-4-12)26(23,24)21-13-6-7-13/h3-4,8-9,11,13,21H,5-7,10H2,1-2H3,(H,18,20,22). The molecule has 0 bridgehead atoms. The molecule has 2 aromatic rings. The van der Waals surface area contributed by atoms with Gasteiger partial charge in [0.05, 0.1) is 4.90 Å². The van der Waals surface area contributed by atoms with Crippen LogP contribution >= 0.6 is 11.3 Å². The molecule has 1 saturated carbocycles. The number of sulfonamides is 1. The van der Waals surface area contributed by atoms with Crippen LogP contribution in [-0.4, -0.2) is 30.6 Å². The number of rotatable bonds is 8. The topological polar surface area (TPSA) is 101 Å². The van der Waals surface area contributed by atoms with E-state index in [1.54, 1.807) is 24.3 Å². The van der Waals surface area contributed by atoms with Gasteiger partial charge in [0, 0.05) is 18.4 Å². The quantitative estimate of drug-likeness (QED) is 0.717. The number of hydrogen-bond donors (Lipinski definition) is 2. The highest BCUT2D eigenvalue weighted by Crippen LogP contribution is 2.23. The highest BCUT2D eigenvalue weighted by atomic mass is 32.2. The highest BCUT2D eigenvalue weighted by Gasteiger charge is 2.27. The first kappa shape index (κ1) is 18.9. The number of amides is 1. The van der Waals surface area contributed by atoms with Crippen LogP contribution in [0.5, 0.6) is 0 Å². The molecule has 7 nitrogen and oxygen atoms in total. The second-order valence-electron chi connectivity index (χ2n) is 6.69. The minimum atomic E-state index is -3.43. The Morgan fingerprint density at radius 1 is 1.23 bits per heavy atom. The number of hydrogen-bond acceptors (Lipinski definition) is 6. The number of carbonyl (C=O) groups is 1. The van der Waals surface area contributed by atoms with Crippen molar-refractivity contribution in [3.63, 3.8) is 0 Å². The van der Waals surface area contributed by atoms with Crippen molar-refractivity contribution in [2.24, 2.45) is 0 Å². The SMILES string of the molecule is CC(C)c1nnc(NC(=O)CCc2ccc(S(=O)(=O)NC3CC3)cc2)s1. The fourth-order valence-corrected chi connectivity index (χ4v) is 4.35.